The maximum atomic E-state index is 12.0. The van der Waals surface area contributed by atoms with Crippen LogP contribution in [0.3, 0.4) is 0 Å². The van der Waals surface area contributed by atoms with Crippen LogP contribution in [0.4, 0.5) is 0 Å². The Labute approximate surface area is 128 Å². The number of unbranched alkanes of at least 4 members (excludes halogenated alkanes) is 2. The van der Waals surface area contributed by atoms with Crippen LogP contribution in [0, 0.1) is 5.92 Å². The number of hydrogen-bond acceptors (Lipinski definition) is 5. The molecule has 0 radical (unpaired) electrons. The van der Waals surface area contributed by atoms with E-state index in [1.165, 1.54) is 0 Å². The van der Waals surface area contributed by atoms with Gasteiger partial charge in [0.05, 0.1) is 6.61 Å². The monoisotopic (exact) mass is 324 g/mol. The summed E-state index contributed by atoms with van der Waals surface area (Å²) in [5, 5.41) is -1.27. The normalized spacial score (nSPS) is 14.7. The molecule has 6 nitrogen and oxygen atoms in total. The van der Waals surface area contributed by atoms with Gasteiger partial charge in [0.15, 0.2) is 5.25 Å². The van der Waals surface area contributed by atoms with Crippen molar-refractivity contribution in [1.29, 1.82) is 0 Å². The topological polar surface area (TPSA) is 97.3 Å². The molecule has 2 atom stereocenters. The molecule has 0 aromatic rings. The van der Waals surface area contributed by atoms with Crippen LogP contribution in [0.2, 0.25) is 0 Å². The summed E-state index contributed by atoms with van der Waals surface area (Å²) < 4.78 is 32.9. The van der Waals surface area contributed by atoms with Crippen molar-refractivity contribution in [3.63, 3.8) is 0 Å². The first-order valence-corrected chi connectivity index (χ1v) is 9.24. The maximum absolute atomic E-state index is 12.0. The molecule has 0 saturated carbocycles. The molecule has 0 aliphatic rings. The van der Waals surface area contributed by atoms with Gasteiger partial charge in [-0.15, -0.1) is 0 Å². The van der Waals surface area contributed by atoms with Gasteiger partial charge in [-0.25, -0.2) is 0 Å². The second-order valence-electron chi connectivity index (χ2n) is 5.29. The smallest absolute Gasteiger partial charge is 0.327 e. The first-order valence-electron chi connectivity index (χ1n) is 7.76. The predicted octanol–water partition coefficient (Wildman–Crippen LogP) is 1.81. The van der Waals surface area contributed by atoms with E-state index in [0.717, 1.165) is 32.1 Å². The Balaban J connectivity index is 4.59. The zero-order valence-electron chi connectivity index (χ0n) is 13.5. The third-order valence-corrected chi connectivity index (χ3v) is 5.05. The van der Waals surface area contributed by atoms with Crippen molar-refractivity contribution in [2.24, 2.45) is 5.92 Å². The highest BCUT2D eigenvalue weighted by molar-refractivity contribution is 7.88. The summed E-state index contributed by atoms with van der Waals surface area (Å²) in [6.45, 7) is 6.35. The van der Waals surface area contributed by atoms with Gasteiger partial charge in [0.25, 0.3) is 0 Å². The van der Waals surface area contributed by atoms with Gasteiger partial charge in [-0.1, -0.05) is 57.2 Å². The fraction of sp³-hybridized carbons (Fsp3) is 0.929. The minimum absolute atomic E-state index is 0.207. The molecule has 7 heteroatoms. The number of esters is 1. The Morgan fingerprint density at radius 1 is 1.10 bits per heavy atom. The number of ether oxygens (including phenoxy) is 1. The summed E-state index contributed by atoms with van der Waals surface area (Å²) in [5.74, 6) is 2.49. The fourth-order valence-electron chi connectivity index (χ4n) is 2.04. The summed E-state index contributed by atoms with van der Waals surface area (Å²) in [5.41, 5.74) is 0. The van der Waals surface area contributed by atoms with Crippen molar-refractivity contribution in [1.82, 2.24) is 0 Å². The van der Waals surface area contributed by atoms with Gasteiger partial charge >= 0.3 is 16.1 Å². The van der Waals surface area contributed by atoms with Crippen molar-refractivity contribution in [3.8, 4) is 0 Å². The third-order valence-electron chi connectivity index (χ3n) is 3.60. The van der Waals surface area contributed by atoms with E-state index in [4.69, 9.17) is 4.74 Å². The van der Waals surface area contributed by atoms with Crippen LogP contribution in [-0.2, 0) is 23.9 Å². The number of quaternary nitrogens is 1. The minimum Gasteiger partial charge on any atom is -0.464 e. The average Bonchev–Trinajstić information content (AvgIpc) is 2.47. The Morgan fingerprint density at radius 2 is 1.67 bits per heavy atom. The first kappa shape index (κ1) is 20.3. The van der Waals surface area contributed by atoms with Gasteiger partial charge in [-0.05, 0) is 18.8 Å². The van der Waals surface area contributed by atoms with Crippen molar-refractivity contribution < 1.29 is 28.1 Å². The highest BCUT2D eigenvalue weighted by Gasteiger charge is 2.35. The number of carbonyl (C=O) groups is 1. The largest absolute Gasteiger partial charge is 0.464 e. The average molecular weight is 324 g/mol. The van der Waals surface area contributed by atoms with Gasteiger partial charge in [0.2, 0.25) is 0 Å². The summed E-state index contributed by atoms with van der Waals surface area (Å²) in [6, 6.07) is 0. The lowest BCUT2D eigenvalue weighted by atomic mass is 10.0. The van der Waals surface area contributed by atoms with Crippen LogP contribution in [0.1, 0.15) is 65.7 Å². The van der Waals surface area contributed by atoms with Crippen LogP contribution >= 0.6 is 0 Å². The van der Waals surface area contributed by atoms with E-state index in [0.29, 0.717) is 6.42 Å². The van der Waals surface area contributed by atoms with E-state index in [1.54, 1.807) is 0 Å². The van der Waals surface area contributed by atoms with E-state index in [2.05, 4.69) is 17.1 Å². The third kappa shape index (κ3) is 7.78. The number of rotatable bonds is 12. The van der Waals surface area contributed by atoms with Crippen molar-refractivity contribution in [2.75, 3.05) is 6.61 Å². The van der Waals surface area contributed by atoms with Crippen molar-refractivity contribution in [2.45, 2.75) is 71.0 Å². The Morgan fingerprint density at radius 3 is 2.14 bits per heavy atom. The van der Waals surface area contributed by atoms with Gasteiger partial charge in [0.1, 0.15) is 0 Å². The molecule has 0 heterocycles. The molecule has 126 valence electrons. The lowest BCUT2D eigenvalue weighted by Gasteiger charge is -2.17. The molecule has 0 aromatic carbocycles. The van der Waals surface area contributed by atoms with E-state index < -0.39 is 21.3 Å². The van der Waals surface area contributed by atoms with Crippen LogP contribution in [-0.4, -0.2) is 26.2 Å². The molecule has 0 aliphatic heterocycles. The second kappa shape index (κ2) is 11.0. The zero-order valence-corrected chi connectivity index (χ0v) is 14.3. The molecule has 0 aliphatic carbocycles. The SMILES string of the molecule is CCCCC(CC)COC(=O)C(CCCC)S(=O)(=O)O[NH3+]. The van der Waals surface area contributed by atoms with E-state index >= 15 is 0 Å². The van der Waals surface area contributed by atoms with Crippen LogP contribution in [0.25, 0.3) is 0 Å². The van der Waals surface area contributed by atoms with Crippen molar-refractivity contribution >= 4 is 16.1 Å². The lowest BCUT2D eigenvalue weighted by Crippen LogP contribution is -2.54. The lowest BCUT2D eigenvalue weighted by molar-refractivity contribution is -0.635. The maximum Gasteiger partial charge on any atom is 0.327 e. The molecule has 0 aromatic heterocycles. The summed E-state index contributed by atoms with van der Waals surface area (Å²) in [7, 11) is -3.99. The van der Waals surface area contributed by atoms with E-state index in [-0.39, 0.29) is 18.9 Å². The molecule has 2 unspecified atom stereocenters. The molecule has 3 N–H and O–H groups in total. The summed E-state index contributed by atoms with van der Waals surface area (Å²) in [4.78, 5) is 12.0. The summed E-state index contributed by atoms with van der Waals surface area (Å²) >= 11 is 0. The van der Waals surface area contributed by atoms with Crippen LogP contribution < -0.4 is 5.90 Å². The molecule has 0 bridgehead atoms. The highest BCUT2D eigenvalue weighted by Crippen LogP contribution is 2.16. The molecule has 0 saturated heterocycles. The quantitative estimate of drug-likeness (QED) is 0.436. The summed E-state index contributed by atoms with van der Waals surface area (Å²) in [6.07, 6.45) is 5.69. The van der Waals surface area contributed by atoms with E-state index in [1.807, 2.05) is 13.8 Å². The standard InChI is InChI=1S/C14H30NO5S/c1-4-7-9-12(6-3)11-19-14(16)13(10-8-5-2)21(17,18)20-15/h12-13H,4-11H2,1-3,15H3/q+1. The van der Waals surface area contributed by atoms with Gasteiger partial charge in [-0.3, -0.25) is 4.79 Å². The molecular weight excluding hydrogens is 294 g/mol. The molecule has 0 fully saturated rings. The molecule has 0 amide bonds. The Kier molecular flexibility index (Phi) is 10.6. The molecule has 0 spiro atoms. The Hall–Kier alpha value is -0.660. The van der Waals surface area contributed by atoms with E-state index in [9.17, 15) is 13.2 Å². The predicted molar refractivity (Wildman–Crippen MR) is 80.5 cm³/mol. The Bertz CT molecular complexity index is 383. The zero-order chi connectivity index (χ0) is 16.3. The van der Waals surface area contributed by atoms with Gasteiger partial charge < -0.3 is 4.74 Å². The first-order chi connectivity index (χ1) is 9.92. The number of carbonyl (C=O) groups excluding carboxylic acids is 1. The van der Waals surface area contributed by atoms with Crippen molar-refractivity contribution in [3.05, 3.63) is 0 Å². The number of hydrogen-bond donors (Lipinski definition) is 1. The van der Waals surface area contributed by atoms with Crippen LogP contribution in [0.15, 0.2) is 0 Å². The van der Waals surface area contributed by atoms with Crippen LogP contribution in [0.5, 0.6) is 0 Å². The van der Waals surface area contributed by atoms with Gasteiger partial charge in [0, 0.05) is 0 Å². The molecule has 0 rings (SSSR count). The molecule has 21 heavy (non-hydrogen) atoms. The fourth-order valence-corrected chi connectivity index (χ4v) is 2.97. The second-order valence-corrected chi connectivity index (χ2v) is 7.08. The minimum atomic E-state index is -3.99. The highest BCUT2D eigenvalue weighted by atomic mass is 32.2. The van der Waals surface area contributed by atoms with Gasteiger partial charge in [-0.2, -0.15) is 14.3 Å². The molecular formula is C14H30NO5S+.